The number of benzene rings is 1. The molecule has 0 atom stereocenters. The number of hydrogen-bond donors (Lipinski definition) is 5. The summed E-state index contributed by atoms with van der Waals surface area (Å²) in [6.07, 6.45) is 4.54. The maximum atomic E-state index is 12.9. The Hall–Kier alpha value is -2.45. The normalized spacial score (nSPS) is 14.2. The van der Waals surface area contributed by atoms with E-state index in [0.717, 1.165) is 18.4 Å². The van der Waals surface area contributed by atoms with Crippen LogP contribution in [0.25, 0.3) is 0 Å². The fourth-order valence-corrected chi connectivity index (χ4v) is 3.79. The highest BCUT2D eigenvalue weighted by molar-refractivity contribution is 6.32. The molecular weight excluding hydrogens is 392 g/mol. The third kappa shape index (κ3) is 5.13. The lowest BCUT2D eigenvalue weighted by molar-refractivity contribution is 0.0948. The molecular formula is C20H29ClN6O2. The van der Waals surface area contributed by atoms with Crippen molar-refractivity contribution in [1.29, 1.82) is 0 Å². The van der Waals surface area contributed by atoms with Gasteiger partial charge in [-0.05, 0) is 37.5 Å². The number of halogens is 1. The van der Waals surface area contributed by atoms with E-state index in [1.54, 1.807) is 18.2 Å². The number of aromatic nitrogens is 2. The van der Waals surface area contributed by atoms with Crippen molar-refractivity contribution < 1.29 is 9.90 Å². The molecule has 29 heavy (non-hydrogen) atoms. The van der Waals surface area contributed by atoms with Gasteiger partial charge in [-0.1, -0.05) is 30.5 Å². The molecule has 1 aliphatic rings. The van der Waals surface area contributed by atoms with Crippen molar-refractivity contribution in [1.82, 2.24) is 14.9 Å². The smallest absolute Gasteiger partial charge is 0.271 e. The number of nitrogens with one attached hydrogen (secondary N) is 3. The second kappa shape index (κ2) is 9.84. The van der Waals surface area contributed by atoms with Gasteiger partial charge in [-0.15, -0.1) is 0 Å². The molecule has 2 aromatic rings. The van der Waals surface area contributed by atoms with E-state index in [-0.39, 0.29) is 16.7 Å². The minimum atomic E-state index is -0.205. The van der Waals surface area contributed by atoms with Gasteiger partial charge in [-0.2, -0.15) is 4.98 Å². The fourth-order valence-electron chi connectivity index (χ4n) is 3.59. The Morgan fingerprint density at radius 1 is 1.38 bits per heavy atom. The average molecular weight is 421 g/mol. The number of carbonyl (C=O) groups excluding carboxylic acids is 1. The van der Waals surface area contributed by atoms with E-state index in [1.807, 2.05) is 11.5 Å². The Labute approximate surface area is 175 Å². The van der Waals surface area contributed by atoms with Crippen molar-refractivity contribution in [3.05, 3.63) is 34.5 Å². The number of amides is 1. The predicted molar refractivity (Wildman–Crippen MR) is 116 cm³/mol. The van der Waals surface area contributed by atoms with Crippen molar-refractivity contribution in [2.24, 2.45) is 5.73 Å². The predicted octanol–water partition coefficient (Wildman–Crippen LogP) is 2.77. The number of hydrogen-bond acceptors (Lipinski definition) is 6. The van der Waals surface area contributed by atoms with Gasteiger partial charge in [0.15, 0.2) is 11.5 Å². The van der Waals surface area contributed by atoms with Crippen LogP contribution in [0, 0.1) is 0 Å². The summed E-state index contributed by atoms with van der Waals surface area (Å²) >= 11 is 6.09. The summed E-state index contributed by atoms with van der Waals surface area (Å²) in [5.74, 6) is 0.970. The number of aromatic hydroxyl groups is 1. The summed E-state index contributed by atoms with van der Waals surface area (Å²) in [5.41, 5.74) is 6.95. The van der Waals surface area contributed by atoms with E-state index in [4.69, 9.17) is 22.3 Å². The Balaban J connectivity index is 2.02. The van der Waals surface area contributed by atoms with Gasteiger partial charge < -0.3 is 26.8 Å². The molecule has 0 spiro atoms. The van der Waals surface area contributed by atoms with Crippen LogP contribution in [-0.2, 0) is 6.54 Å². The van der Waals surface area contributed by atoms with Crippen molar-refractivity contribution in [3.8, 4) is 5.75 Å². The first-order valence-corrected chi connectivity index (χ1v) is 10.5. The Morgan fingerprint density at radius 3 is 2.79 bits per heavy atom. The number of imidazole rings is 1. The maximum absolute atomic E-state index is 12.9. The number of phenolic OH excluding ortho intramolecular Hbond substituents is 1. The van der Waals surface area contributed by atoms with Crippen molar-refractivity contribution in [2.45, 2.75) is 45.2 Å². The molecule has 1 amide bonds. The van der Waals surface area contributed by atoms with E-state index >= 15 is 0 Å². The number of anilines is 2. The topological polar surface area (TPSA) is 117 Å². The molecule has 9 heteroatoms. The van der Waals surface area contributed by atoms with E-state index in [1.165, 1.54) is 12.8 Å². The zero-order valence-electron chi connectivity index (χ0n) is 16.7. The van der Waals surface area contributed by atoms with E-state index < -0.39 is 0 Å². The van der Waals surface area contributed by atoms with Gasteiger partial charge in [-0.25, -0.2) is 0 Å². The zero-order valence-corrected chi connectivity index (χ0v) is 17.4. The van der Waals surface area contributed by atoms with E-state index in [9.17, 15) is 9.90 Å². The lowest BCUT2D eigenvalue weighted by Gasteiger charge is -2.17. The molecule has 6 N–H and O–H groups in total. The number of carbonyl (C=O) groups is 1. The Bertz CT molecular complexity index is 848. The molecule has 0 unspecified atom stereocenters. The first-order valence-electron chi connectivity index (χ1n) is 10.1. The standard InChI is InChI=1S/C20H29ClN6O2/c1-2-23-19(29)17-18(24-10-9-22)26-20(25-14-5-3-4-6-14)27(17)12-13-7-8-16(28)15(21)11-13/h7-8,11,14,24,28H,2-6,9-10,12,22H2,1H3,(H,23,29)(H,25,26). The van der Waals surface area contributed by atoms with Crippen LogP contribution in [0.5, 0.6) is 5.75 Å². The van der Waals surface area contributed by atoms with Crippen molar-refractivity contribution in [2.75, 3.05) is 30.3 Å². The van der Waals surface area contributed by atoms with Crippen LogP contribution in [-0.4, -0.2) is 46.2 Å². The van der Waals surface area contributed by atoms with E-state index in [2.05, 4.69) is 16.0 Å². The SMILES string of the molecule is CCNC(=O)c1c(NCCN)nc(NC2CCCC2)n1Cc1ccc(O)c(Cl)c1. The van der Waals surface area contributed by atoms with Gasteiger partial charge in [-0.3, -0.25) is 9.36 Å². The third-order valence-electron chi connectivity index (χ3n) is 5.00. The zero-order chi connectivity index (χ0) is 20.8. The molecule has 1 aromatic heterocycles. The van der Waals surface area contributed by atoms with Gasteiger partial charge >= 0.3 is 0 Å². The maximum Gasteiger partial charge on any atom is 0.271 e. The van der Waals surface area contributed by atoms with Crippen LogP contribution in [0.3, 0.4) is 0 Å². The number of phenols is 1. The minimum absolute atomic E-state index is 0.0274. The molecule has 1 fully saturated rings. The summed E-state index contributed by atoms with van der Waals surface area (Å²) in [4.78, 5) is 17.6. The molecule has 3 rings (SSSR count). The summed E-state index contributed by atoms with van der Waals surface area (Å²) in [6.45, 7) is 3.72. The van der Waals surface area contributed by atoms with Crippen LogP contribution >= 0.6 is 11.6 Å². The van der Waals surface area contributed by atoms with Crippen molar-refractivity contribution >= 4 is 29.3 Å². The molecule has 158 valence electrons. The van der Waals surface area contributed by atoms with Gasteiger partial charge in [0.1, 0.15) is 5.75 Å². The quantitative estimate of drug-likeness (QED) is 0.426. The second-order valence-corrected chi connectivity index (χ2v) is 7.61. The van der Waals surface area contributed by atoms with Crippen LogP contribution in [0.1, 0.15) is 48.7 Å². The minimum Gasteiger partial charge on any atom is -0.506 e. The van der Waals surface area contributed by atoms with Crippen molar-refractivity contribution in [3.63, 3.8) is 0 Å². The Kier molecular flexibility index (Phi) is 7.22. The molecule has 0 radical (unpaired) electrons. The molecule has 0 bridgehead atoms. The average Bonchev–Trinajstić information content (AvgIpc) is 3.32. The number of nitrogens with two attached hydrogens (primary N) is 1. The molecule has 8 nitrogen and oxygen atoms in total. The first kappa shape index (κ1) is 21.3. The van der Waals surface area contributed by atoms with Gasteiger partial charge in [0.25, 0.3) is 5.91 Å². The van der Waals surface area contributed by atoms with Gasteiger partial charge in [0.2, 0.25) is 5.95 Å². The Morgan fingerprint density at radius 2 is 2.14 bits per heavy atom. The number of nitrogens with zero attached hydrogens (tertiary/aromatic N) is 2. The first-order chi connectivity index (χ1) is 14.0. The molecule has 1 heterocycles. The van der Waals surface area contributed by atoms with Gasteiger partial charge in [0, 0.05) is 25.7 Å². The third-order valence-corrected chi connectivity index (χ3v) is 5.30. The molecule has 1 saturated carbocycles. The van der Waals surface area contributed by atoms with Gasteiger partial charge in [0.05, 0.1) is 11.6 Å². The number of rotatable bonds is 9. The lowest BCUT2D eigenvalue weighted by Crippen LogP contribution is -2.28. The molecule has 1 aromatic carbocycles. The lowest BCUT2D eigenvalue weighted by atomic mass is 10.2. The van der Waals surface area contributed by atoms with Crippen LogP contribution in [0.4, 0.5) is 11.8 Å². The molecule has 1 aliphatic carbocycles. The highest BCUT2D eigenvalue weighted by Crippen LogP contribution is 2.29. The van der Waals surface area contributed by atoms with Crippen LogP contribution in [0.15, 0.2) is 18.2 Å². The molecule has 0 aliphatic heterocycles. The summed E-state index contributed by atoms with van der Waals surface area (Å²) < 4.78 is 1.87. The summed E-state index contributed by atoms with van der Waals surface area (Å²) in [5, 5.41) is 19.5. The summed E-state index contributed by atoms with van der Waals surface area (Å²) in [6, 6.07) is 5.38. The largest absolute Gasteiger partial charge is 0.506 e. The molecule has 0 saturated heterocycles. The van der Waals surface area contributed by atoms with Crippen LogP contribution < -0.4 is 21.7 Å². The van der Waals surface area contributed by atoms with E-state index in [0.29, 0.717) is 49.7 Å². The summed E-state index contributed by atoms with van der Waals surface area (Å²) in [7, 11) is 0. The highest BCUT2D eigenvalue weighted by atomic mass is 35.5. The van der Waals surface area contributed by atoms with Crippen LogP contribution in [0.2, 0.25) is 5.02 Å². The fraction of sp³-hybridized carbons (Fsp3) is 0.500. The second-order valence-electron chi connectivity index (χ2n) is 7.21. The monoisotopic (exact) mass is 420 g/mol. The highest BCUT2D eigenvalue weighted by Gasteiger charge is 2.25.